The van der Waals surface area contributed by atoms with Crippen molar-refractivity contribution in [3.63, 3.8) is 0 Å². The topological polar surface area (TPSA) is 62.2 Å². The van der Waals surface area contributed by atoms with E-state index in [2.05, 4.69) is 21.2 Å². The Morgan fingerprint density at radius 1 is 1.50 bits per heavy atom. The highest BCUT2D eigenvalue weighted by molar-refractivity contribution is 9.10. The molecule has 1 aliphatic heterocycles. The summed E-state index contributed by atoms with van der Waals surface area (Å²) >= 11 is 3.27. The molecule has 1 aromatic rings. The molecule has 0 unspecified atom stereocenters. The zero-order chi connectivity index (χ0) is 10.1. The van der Waals surface area contributed by atoms with Crippen molar-refractivity contribution in [1.82, 2.24) is 0 Å². The van der Waals surface area contributed by atoms with Crippen LogP contribution in [0.15, 0.2) is 22.7 Å². The van der Waals surface area contributed by atoms with E-state index in [1.807, 2.05) is 6.07 Å². The van der Waals surface area contributed by atoms with Crippen LogP contribution in [0.5, 0.6) is 0 Å². The van der Waals surface area contributed by atoms with E-state index in [0.717, 1.165) is 4.47 Å². The largest absolute Gasteiger partial charge is 0.407 e. The number of nitrogens with one attached hydrogen (secondary N) is 2. The highest BCUT2D eigenvalue weighted by Crippen LogP contribution is 2.23. The molecule has 0 atom stereocenters. The summed E-state index contributed by atoms with van der Waals surface area (Å²) in [6.07, 6.45) is 0. The molecule has 4 nitrogen and oxygen atoms in total. The van der Waals surface area contributed by atoms with Crippen molar-refractivity contribution in [2.24, 2.45) is 0 Å². The van der Waals surface area contributed by atoms with Crippen molar-refractivity contribution in [1.29, 1.82) is 5.41 Å². The second-order valence-corrected chi connectivity index (χ2v) is 3.77. The van der Waals surface area contributed by atoms with Gasteiger partial charge in [-0.2, -0.15) is 0 Å². The number of hydrogen-bond acceptors (Lipinski definition) is 4. The summed E-state index contributed by atoms with van der Waals surface area (Å²) in [4.78, 5) is 11.4. The Morgan fingerprint density at radius 3 is 3.07 bits per heavy atom. The van der Waals surface area contributed by atoms with Gasteiger partial charge in [-0.1, -0.05) is 15.9 Å². The van der Waals surface area contributed by atoms with Crippen LogP contribution in [0.3, 0.4) is 0 Å². The first-order chi connectivity index (χ1) is 6.66. The number of cyclic esters (lactones) is 1. The van der Waals surface area contributed by atoms with Crippen molar-refractivity contribution in [2.75, 3.05) is 11.9 Å². The summed E-state index contributed by atoms with van der Waals surface area (Å²) < 4.78 is 5.56. The average molecular weight is 255 g/mol. The van der Waals surface area contributed by atoms with Crippen molar-refractivity contribution in [3.05, 3.63) is 28.2 Å². The fourth-order valence-electron chi connectivity index (χ4n) is 1.22. The molecule has 14 heavy (non-hydrogen) atoms. The number of rotatable bonds is 0. The summed E-state index contributed by atoms with van der Waals surface area (Å²) in [6, 6.07) is 5.27. The first-order valence-electron chi connectivity index (χ1n) is 4.00. The van der Waals surface area contributed by atoms with Gasteiger partial charge in [0.1, 0.15) is 0 Å². The van der Waals surface area contributed by atoms with Crippen molar-refractivity contribution in [2.45, 2.75) is 0 Å². The van der Waals surface area contributed by atoms with Gasteiger partial charge in [0, 0.05) is 10.2 Å². The van der Waals surface area contributed by atoms with Gasteiger partial charge in [-0.15, -0.1) is 0 Å². The average Bonchev–Trinajstić information content (AvgIpc) is 2.27. The van der Waals surface area contributed by atoms with E-state index in [1.165, 1.54) is 0 Å². The second-order valence-electron chi connectivity index (χ2n) is 2.86. The SMILES string of the molecule is N=C1CNc2ccc(Br)cc2C(=O)O1. The second kappa shape index (κ2) is 3.42. The van der Waals surface area contributed by atoms with Crippen LogP contribution in [0, 0.1) is 5.41 Å². The fourth-order valence-corrected chi connectivity index (χ4v) is 1.58. The van der Waals surface area contributed by atoms with Crippen molar-refractivity contribution in [3.8, 4) is 0 Å². The minimum atomic E-state index is -0.490. The van der Waals surface area contributed by atoms with E-state index in [9.17, 15) is 4.79 Å². The molecule has 1 heterocycles. The number of hydrogen-bond donors (Lipinski definition) is 2. The standard InChI is InChI=1S/C9H7BrN2O2/c10-5-1-2-7-6(3-5)9(13)14-8(11)4-12-7/h1-3,11-12H,4H2. The van der Waals surface area contributed by atoms with Crippen LogP contribution >= 0.6 is 15.9 Å². The minimum Gasteiger partial charge on any atom is -0.407 e. The van der Waals surface area contributed by atoms with E-state index >= 15 is 0 Å². The van der Waals surface area contributed by atoms with Crippen LogP contribution in [0.25, 0.3) is 0 Å². The van der Waals surface area contributed by atoms with Gasteiger partial charge in [-0.25, -0.2) is 4.79 Å². The van der Waals surface area contributed by atoms with Crippen LogP contribution in [0.1, 0.15) is 10.4 Å². The summed E-state index contributed by atoms with van der Waals surface area (Å²) in [7, 11) is 0. The number of anilines is 1. The number of fused-ring (bicyclic) bond motifs is 1. The predicted molar refractivity (Wildman–Crippen MR) is 55.8 cm³/mol. The Kier molecular flexibility index (Phi) is 2.25. The van der Waals surface area contributed by atoms with Gasteiger partial charge in [-0.3, -0.25) is 5.41 Å². The molecule has 0 radical (unpaired) electrons. The summed E-state index contributed by atoms with van der Waals surface area (Å²) in [5.74, 6) is -0.557. The quantitative estimate of drug-likeness (QED) is 0.697. The van der Waals surface area contributed by atoms with Crippen molar-refractivity contribution < 1.29 is 9.53 Å². The Labute approximate surface area is 88.9 Å². The van der Waals surface area contributed by atoms with Crippen LogP contribution in [0.2, 0.25) is 0 Å². The van der Waals surface area contributed by atoms with E-state index in [-0.39, 0.29) is 12.4 Å². The smallest absolute Gasteiger partial charge is 0.346 e. The number of ether oxygens (including phenoxy) is 1. The van der Waals surface area contributed by atoms with Gasteiger partial charge in [0.25, 0.3) is 0 Å². The van der Waals surface area contributed by atoms with Gasteiger partial charge in [0.05, 0.1) is 12.1 Å². The number of halogens is 1. The molecule has 72 valence electrons. The molecular formula is C9H7BrN2O2. The first kappa shape index (κ1) is 9.21. The Balaban J connectivity index is 2.49. The Morgan fingerprint density at radius 2 is 2.29 bits per heavy atom. The first-order valence-corrected chi connectivity index (χ1v) is 4.79. The van der Waals surface area contributed by atoms with E-state index in [4.69, 9.17) is 10.1 Å². The van der Waals surface area contributed by atoms with Crippen LogP contribution in [0.4, 0.5) is 5.69 Å². The molecule has 0 saturated heterocycles. The highest BCUT2D eigenvalue weighted by atomic mass is 79.9. The zero-order valence-electron chi connectivity index (χ0n) is 7.13. The summed E-state index contributed by atoms with van der Waals surface area (Å²) in [5, 5.41) is 10.2. The summed E-state index contributed by atoms with van der Waals surface area (Å²) in [6.45, 7) is 0.236. The molecule has 0 bridgehead atoms. The van der Waals surface area contributed by atoms with Crippen LogP contribution < -0.4 is 5.32 Å². The zero-order valence-corrected chi connectivity index (χ0v) is 8.72. The normalized spacial score (nSPS) is 15.2. The van der Waals surface area contributed by atoms with Crippen LogP contribution in [-0.2, 0) is 4.74 Å². The van der Waals surface area contributed by atoms with E-state index in [1.54, 1.807) is 12.1 Å². The van der Waals surface area contributed by atoms with Gasteiger partial charge in [0.15, 0.2) is 0 Å². The molecule has 0 saturated carbocycles. The van der Waals surface area contributed by atoms with Gasteiger partial charge >= 0.3 is 5.97 Å². The van der Waals surface area contributed by atoms with Crippen LogP contribution in [-0.4, -0.2) is 18.4 Å². The highest BCUT2D eigenvalue weighted by Gasteiger charge is 2.19. The number of carbonyl (C=O) groups is 1. The molecule has 1 aliphatic rings. The molecule has 2 N–H and O–H groups in total. The number of benzene rings is 1. The molecule has 0 aromatic heterocycles. The van der Waals surface area contributed by atoms with E-state index in [0.29, 0.717) is 11.3 Å². The third kappa shape index (κ3) is 1.63. The Bertz CT molecular complexity index is 417. The lowest BCUT2D eigenvalue weighted by Gasteiger charge is -2.03. The fraction of sp³-hybridized carbons (Fsp3) is 0.111. The maximum atomic E-state index is 11.4. The predicted octanol–water partition coefficient (Wildman–Crippen LogP) is 2.01. The third-order valence-electron chi connectivity index (χ3n) is 1.86. The number of esters is 1. The minimum absolute atomic E-state index is 0.0673. The molecule has 0 amide bonds. The molecule has 2 rings (SSSR count). The van der Waals surface area contributed by atoms with Gasteiger partial charge < -0.3 is 10.1 Å². The Hall–Kier alpha value is -1.36. The van der Waals surface area contributed by atoms with Gasteiger partial charge in [0.2, 0.25) is 5.90 Å². The molecule has 0 fully saturated rings. The molecule has 0 spiro atoms. The molecular weight excluding hydrogens is 248 g/mol. The number of carbonyl (C=O) groups excluding carboxylic acids is 1. The monoisotopic (exact) mass is 254 g/mol. The van der Waals surface area contributed by atoms with Crippen molar-refractivity contribution >= 4 is 33.5 Å². The lowest BCUT2D eigenvalue weighted by Crippen LogP contribution is -2.14. The van der Waals surface area contributed by atoms with E-state index < -0.39 is 5.97 Å². The lowest BCUT2D eigenvalue weighted by atomic mass is 10.2. The third-order valence-corrected chi connectivity index (χ3v) is 2.35. The maximum absolute atomic E-state index is 11.4. The van der Waals surface area contributed by atoms with Gasteiger partial charge in [-0.05, 0) is 18.2 Å². The molecule has 5 heteroatoms. The molecule has 0 aliphatic carbocycles. The maximum Gasteiger partial charge on any atom is 0.346 e. The molecule has 1 aromatic carbocycles. The lowest BCUT2D eigenvalue weighted by molar-refractivity contribution is 0.0716. The summed E-state index contributed by atoms with van der Waals surface area (Å²) in [5.41, 5.74) is 1.14.